The monoisotopic (exact) mass is 309 g/mol. The smallest absolute Gasteiger partial charge is 0.405 e. The zero-order chi connectivity index (χ0) is 15.0. The number of pyridine rings is 1. The second-order valence-electron chi connectivity index (χ2n) is 5.42. The second-order valence-corrected chi connectivity index (χ2v) is 5.81. The molecule has 0 radical (unpaired) electrons. The SMILES string of the molecule is CC1(OC(N)=O)CCN(c2nc3nc(Cl)ccc3[nH]2)CC1. The van der Waals surface area contributed by atoms with E-state index in [0.29, 0.717) is 23.6 Å². The summed E-state index contributed by atoms with van der Waals surface area (Å²) < 4.78 is 5.19. The molecule has 1 aliphatic heterocycles. The molecule has 1 amide bonds. The van der Waals surface area contributed by atoms with Crippen LogP contribution in [0, 0.1) is 0 Å². The lowest BCUT2D eigenvalue weighted by Crippen LogP contribution is -2.46. The number of amides is 1. The van der Waals surface area contributed by atoms with Gasteiger partial charge in [-0.1, -0.05) is 11.6 Å². The van der Waals surface area contributed by atoms with Crippen LogP contribution in [0.1, 0.15) is 19.8 Å². The number of carbonyl (C=O) groups excluding carboxylic acids is 1. The second kappa shape index (κ2) is 5.07. The molecular weight excluding hydrogens is 294 g/mol. The number of rotatable bonds is 2. The third-order valence-corrected chi connectivity index (χ3v) is 3.98. The van der Waals surface area contributed by atoms with E-state index >= 15 is 0 Å². The summed E-state index contributed by atoms with van der Waals surface area (Å²) in [4.78, 5) is 24.9. The molecule has 3 N–H and O–H groups in total. The number of carbonyl (C=O) groups is 1. The number of halogens is 1. The molecule has 0 unspecified atom stereocenters. The van der Waals surface area contributed by atoms with Gasteiger partial charge in [0.05, 0.1) is 5.52 Å². The van der Waals surface area contributed by atoms with Gasteiger partial charge in [-0.15, -0.1) is 0 Å². The van der Waals surface area contributed by atoms with Crippen molar-refractivity contribution in [2.45, 2.75) is 25.4 Å². The van der Waals surface area contributed by atoms with Gasteiger partial charge in [-0.05, 0) is 19.1 Å². The number of hydrogen-bond acceptors (Lipinski definition) is 5. The molecule has 21 heavy (non-hydrogen) atoms. The molecule has 3 rings (SSSR count). The lowest BCUT2D eigenvalue weighted by Gasteiger charge is -2.38. The van der Waals surface area contributed by atoms with Gasteiger partial charge in [0.15, 0.2) is 5.65 Å². The third-order valence-electron chi connectivity index (χ3n) is 3.77. The summed E-state index contributed by atoms with van der Waals surface area (Å²) in [7, 11) is 0. The van der Waals surface area contributed by atoms with Gasteiger partial charge in [-0.25, -0.2) is 9.78 Å². The van der Waals surface area contributed by atoms with Crippen molar-refractivity contribution in [2.24, 2.45) is 5.73 Å². The van der Waals surface area contributed by atoms with Crippen molar-refractivity contribution in [3.8, 4) is 0 Å². The zero-order valence-corrected chi connectivity index (χ0v) is 12.4. The van der Waals surface area contributed by atoms with Crippen LogP contribution in [0.3, 0.4) is 0 Å². The summed E-state index contributed by atoms with van der Waals surface area (Å²) in [5.74, 6) is 0.751. The summed E-state index contributed by atoms with van der Waals surface area (Å²) in [5, 5.41) is 0.418. The van der Waals surface area contributed by atoms with E-state index in [0.717, 1.165) is 24.6 Å². The Labute approximate surface area is 126 Å². The number of H-pyrrole nitrogens is 1. The number of fused-ring (bicyclic) bond motifs is 1. The van der Waals surface area contributed by atoms with Crippen molar-refractivity contribution in [1.29, 1.82) is 0 Å². The van der Waals surface area contributed by atoms with Crippen molar-refractivity contribution in [2.75, 3.05) is 18.0 Å². The topological polar surface area (TPSA) is 97.1 Å². The maximum atomic E-state index is 10.9. The van der Waals surface area contributed by atoms with Crippen molar-refractivity contribution in [3.05, 3.63) is 17.3 Å². The normalized spacial score (nSPS) is 17.9. The molecule has 112 valence electrons. The fourth-order valence-electron chi connectivity index (χ4n) is 2.54. The standard InChI is InChI=1S/C13H16ClN5O2/c1-13(21-11(15)20)4-6-19(7-5-13)12-16-8-2-3-9(14)17-10(8)18-12/h2-3H,4-7H2,1H3,(H2,15,20)(H,16,17,18). The predicted molar refractivity (Wildman–Crippen MR) is 79.4 cm³/mol. The summed E-state index contributed by atoms with van der Waals surface area (Å²) in [6, 6.07) is 3.57. The van der Waals surface area contributed by atoms with E-state index in [1.54, 1.807) is 6.07 Å². The average Bonchev–Trinajstić information content (AvgIpc) is 2.81. The number of imidazole rings is 1. The zero-order valence-electron chi connectivity index (χ0n) is 11.6. The minimum atomic E-state index is -0.728. The summed E-state index contributed by atoms with van der Waals surface area (Å²) >= 11 is 5.86. The van der Waals surface area contributed by atoms with Gasteiger partial charge in [0.1, 0.15) is 10.8 Å². The molecule has 1 saturated heterocycles. The van der Waals surface area contributed by atoms with Crippen molar-refractivity contribution in [3.63, 3.8) is 0 Å². The largest absolute Gasteiger partial charge is 0.443 e. The van der Waals surface area contributed by atoms with Crippen LogP contribution >= 0.6 is 11.6 Å². The van der Waals surface area contributed by atoms with E-state index in [1.807, 2.05) is 13.0 Å². The van der Waals surface area contributed by atoms with Gasteiger partial charge in [0, 0.05) is 25.9 Å². The molecule has 0 atom stereocenters. The number of hydrogen-bond donors (Lipinski definition) is 2. The van der Waals surface area contributed by atoms with Crippen molar-refractivity contribution >= 4 is 34.8 Å². The molecule has 0 aromatic carbocycles. The first-order valence-electron chi connectivity index (χ1n) is 6.71. The van der Waals surface area contributed by atoms with Crippen molar-refractivity contribution in [1.82, 2.24) is 15.0 Å². The van der Waals surface area contributed by atoms with E-state index in [1.165, 1.54) is 0 Å². The van der Waals surface area contributed by atoms with Gasteiger partial charge < -0.3 is 20.4 Å². The van der Waals surface area contributed by atoms with E-state index < -0.39 is 11.7 Å². The van der Waals surface area contributed by atoms with Crippen LogP contribution in [0.15, 0.2) is 12.1 Å². The predicted octanol–water partition coefficient (Wildman–Crippen LogP) is 2.07. The number of aromatic nitrogens is 3. The first kappa shape index (κ1) is 13.9. The van der Waals surface area contributed by atoms with Gasteiger partial charge in [-0.2, -0.15) is 4.98 Å². The highest BCUT2D eigenvalue weighted by Crippen LogP contribution is 2.28. The molecule has 0 bridgehead atoms. The van der Waals surface area contributed by atoms with E-state index in [2.05, 4.69) is 19.9 Å². The number of anilines is 1. The Morgan fingerprint density at radius 3 is 2.81 bits per heavy atom. The molecule has 8 heteroatoms. The molecule has 3 heterocycles. The Kier molecular flexibility index (Phi) is 3.36. The maximum Gasteiger partial charge on any atom is 0.405 e. The molecule has 2 aromatic heterocycles. The molecule has 0 saturated carbocycles. The van der Waals surface area contributed by atoms with E-state index in [9.17, 15) is 4.79 Å². The number of piperidine rings is 1. The number of ether oxygens (including phenoxy) is 1. The lowest BCUT2D eigenvalue weighted by atomic mass is 9.93. The van der Waals surface area contributed by atoms with Crippen LogP contribution in [0.5, 0.6) is 0 Å². The van der Waals surface area contributed by atoms with Crippen LogP contribution in [-0.2, 0) is 4.74 Å². The Balaban J connectivity index is 1.75. The number of nitrogens with two attached hydrogens (primary N) is 1. The molecule has 0 spiro atoms. The number of nitrogens with zero attached hydrogens (tertiary/aromatic N) is 3. The minimum Gasteiger partial charge on any atom is -0.443 e. The van der Waals surface area contributed by atoms with E-state index in [4.69, 9.17) is 22.1 Å². The third kappa shape index (κ3) is 2.87. The number of aromatic amines is 1. The molecule has 1 aliphatic rings. The first-order chi connectivity index (χ1) is 9.95. The Morgan fingerprint density at radius 2 is 2.14 bits per heavy atom. The minimum absolute atomic E-state index is 0.418. The lowest BCUT2D eigenvalue weighted by molar-refractivity contribution is 0.0126. The highest BCUT2D eigenvalue weighted by atomic mass is 35.5. The average molecular weight is 310 g/mol. The van der Waals surface area contributed by atoms with Gasteiger partial charge in [0.25, 0.3) is 0 Å². The maximum absolute atomic E-state index is 10.9. The van der Waals surface area contributed by atoms with E-state index in [-0.39, 0.29) is 0 Å². The molecule has 1 fully saturated rings. The first-order valence-corrected chi connectivity index (χ1v) is 7.09. The summed E-state index contributed by atoms with van der Waals surface area (Å²) in [6.45, 7) is 3.34. The fraction of sp³-hybridized carbons (Fsp3) is 0.462. The van der Waals surface area contributed by atoms with Gasteiger partial charge in [-0.3, -0.25) is 0 Å². The van der Waals surface area contributed by atoms with Crippen LogP contribution in [0.25, 0.3) is 11.2 Å². The molecule has 0 aliphatic carbocycles. The Hall–Kier alpha value is -2.02. The Bertz CT molecular complexity index is 678. The highest BCUT2D eigenvalue weighted by Gasteiger charge is 2.34. The molecule has 2 aromatic rings. The van der Waals surface area contributed by atoms with Crippen LogP contribution in [0.2, 0.25) is 5.15 Å². The van der Waals surface area contributed by atoms with Crippen LogP contribution in [0.4, 0.5) is 10.7 Å². The number of nitrogens with one attached hydrogen (secondary N) is 1. The van der Waals surface area contributed by atoms with Gasteiger partial charge in [0.2, 0.25) is 5.95 Å². The molecule has 7 nitrogen and oxygen atoms in total. The summed E-state index contributed by atoms with van der Waals surface area (Å²) in [5.41, 5.74) is 6.04. The van der Waals surface area contributed by atoms with Crippen LogP contribution < -0.4 is 10.6 Å². The number of primary amides is 1. The van der Waals surface area contributed by atoms with Crippen molar-refractivity contribution < 1.29 is 9.53 Å². The highest BCUT2D eigenvalue weighted by molar-refractivity contribution is 6.29. The summed E-state index contributed by atoms with van der Waals surface area (Å²) in [6.07, 6.45) is 0.663. The van der Waals surface area contributed by atoms with Gasteiger partial charge >= 0.3 is 6.09 Å². The fourth-order valence-corrected chi connectivity index (χ4v) is 2.69. The molecular formula is C13H16ClN5O2. The Morgan fingerprint density at radius 1 is 1.43 bits per heavy atom. The van der Waals surface area contributed by atoms with Crippen LogP contribution in [-0.4, -0.2) is 39.7 Å². The quantitative estimate of drug-likeness (QED) is 0.828.